The van der Waals surface area contributed by atoms with E-state index in [2.05, 4.69) is 0 Å². The van der Waals surface area contributed by atoms with Crippen molar-refractivity contribution < 1.29 is 24.9 Å². The Hall–Kier alpha value is -3.47. The molecule has 0 atom stereocenters. The second kappa shape index (κ2) is 8.11. The van der Waals surface area contributed by atoms with Crippen LogP contribution in [-0.2, 0) is 6.42 Å². The van der Waals surface area contributed by atoms with Crippen LogP contribution in [0.4, 0.5) is 0 Å². The molecule has 0 fully saturated rings. The highest BCUT2D eigenvalue weighted by molar-refractivity contribution is 6.12. The fourth-order valence-corrected chi connectivity index (χ4v) is 3.19. The van der Waals surface area contributed by atoms with E-state index in [0.717, 1.165) is 11.1 Å². The third kappa shape index (κ3) is 4.40. The summed E-state index contributed by atoms with van der Waals surface area (Å²) in [5.41, 5.74) is 1.74. The molecular weight excluding hydrogens is 380 g/mol. The van der Waals surface area contributed by atoms with Crippen molar-refractivity contribution in [2.75, 3.05) is 0 Å². The Kier molecular flexibility index (Phi) is 5.74. The lowest BCUT2D eigenvalue weighted by Crippen LogP contribution is -2.28. The van der Waals surface area contributed by atoms with Gasteiger partial charge in [0.05, 0.1) is 5.56 Å². The van der Waals surface area contributed by atoms with Gasteiger partial charge in [-0.1, -0.05) is 29.9 Å². The number of carbonyl (C=O) groups excluding carboxylic acids is 1. The molecule has 3 N–H and O–H groups in total. The Bertz CT molecular complexity index is 1070. The first-order valence-electron chi connectivity index (χ1n) is 9.73. The van der Waals surface area contributed by atoms with Gasteiger partial charge in [-0.15, -0.1) is 0 Å². The van der Waals surface area contributed by atoms with Crippen LogP contribution in [0.25, 0.3) is 12.2 Å². The summed E-state index contributed by atoms with van der Waals surface area (Å²) >= 11 is 0. The van der Waals surface area contributed by atoms with E-state index >= 15 is 0 Å². The number of hydrogen-bond donors (Lipinski definition) is 3. The molecule has 156 valence electrons. The molecule has 1 aliphatic heterocycles. The summed E-state index contributed by atoms with van der Waals surface area (Å²) in [6.45, 7) is 7.51. The average Bonchev–Trinajstić information content (AvgIpc) is 2.66. The van der Waals surface area contributed by atoms with Crippen molar-refractivity contribution in [2.24, 2.45) is 0 Å². The number of phenolic OH excluding ortho intramolecular Hbond substituents is 3. The lowest BCUT2D eigenvalue weighted by Gasteiger charge is -2.30. The molecule has 0 spiro atoms. The van der Waals surface area contributed by atoms with Gasteiger partial charge in [0.15, 0.2) is 5.78 Å². The molecule has 0 radical (unpaired) electrons. The second-order valence-electron chi connectivity index (χ2n) is 8.11. The van der Waals surface area contributed by atoms with Gasteiger partial charge < -0.3 is 20.1 Å². The zero-order valence-electron chi connectivity index (χ0n) is 17.6. The summed E-state index contributed by atoms with van der Waals surface area (Å²) in [4.78, 5) is 13.1. The first kappa shape index (κ1) is 21.2. The molecule has 0 saturated heterocycles. The van der Waals surface area contributed by atoms with E-state index in [4.69, 9.17) is 4.74 Å². The van der Waals surface area contributed by atoms with Crippen molar-refractivity contribution in [3.05, 3.63) is 70.3 Å². The van der Waals surface area contributed by atoms with E-state index < -0.39 is 11.4 Å². The number of aromatic hydroxyl groups is 3. The fourth-order valence-electron chi connectivity index (χ4n) is 3.19. The second-order valence-corrected chi connectivity index (χ2v) is 8.11. The van der Waals surface area contributed by atoms with Crippen molar-refractivity contribution in [3.63, 3.8) is 0 Å². The van der Waals surface area contributed by atoms with Crippen LogP contribution in [0.15, 0.2) is 48.1 Å². The number of hydrogen-bond acceptors (Lipinski definition) is 5. The molecule has 0 aliphatic carbocycles. The molecule has 0 unspecified atom stereocenters. The number of ketones is 1. The van der Waals surface area contributed by atoms with E-state index in [1.54, 1.807) is 30.4 Å². The highest BCUT2D eigenvalue weighted by Gasteiger charge is 2.32. The summed E-state index contributed by atoms with van der Waals surface area (Å²) < 4.78 is 5.97. The van der Waals surface area contributed by atoms with Crippen LogP contribution in [0, 0.1) is 0 Å². The van der Waals surface area contributed by atoms with Gasteiger partial charge in [0.2, 0.25) is 0 Å². The predicted molar refractivity (Wildman–Crippen MR) is 118 cm³/mol. The first-order valence-corrected chi connectivity index (χ1v) is 9.73. The van der Waals surface area contributed by atoms with Crippen LogP contribution in [-0.4, -0.2) is 26.7 Å². The summed E-state index contributed by atoms with van der Waals surface area (Å²) in [6, 6.07) is 6.40. The third-order valence-electron chi connectivity index (χ3n) is 4.83. The van der Waals surface area contributed by atoms with Gasteiger partial charge in [0, 0.05) is 5.56 Å². The van der Waals surface area contributed by atoms with Gasteiger partial charge in [0.1, 0.15) is 34.2 Å². The monoisotopic (exact) mass is 406 g/mol. The van der Waals surface area contributed by atoms with Crippen LogP contribution in [0.3, 0.4) is 0 Å². The number of ether oxygens (including phenoxy) is 1. The van der Waals surface area contributed by atoms with E-state index in [1.807, 2.05) is 33.8 Å². The molecule has 0 saturated carbocycles. The molecule has 0 amide bonds. The van der Waals surface area contributed by atoms with Gasteiger partial charge >= 0.3 is 0 Å². The Morgan fingerprint density at radius 1 is 1.07 bits per heavy atom. The largest absolute Gasteiger partial charge is 0.508 e. The van der Waals surface area contributed by atoms with E-state index in [1.165, 1.54) is 18.2 Å². The molecule has 0 aromatic heterocycles. The number of carbonyl (C=O) groups is 1. The molecule has 2 aromatic rings. The van der Waals surface area contributed by atoms with Crippen molar-refractivity contribution in [2.45, 2.75) is 39.7 Å². The Balaban J connectivity index is 2.12. The van der Waals surface area contributed by atoms with Gasteiger partial charge in [-0.3, -0.25) is 4.79 Å². The SMILES string of the molecule is CC(C)=CCc1c(O)c2c(c(C(=O)C=Cc3ccc(O)cc3)c1O)OC(C)(C)C=C2. The minimum atomic E-state index is -0.691. The van der Waals surface area contributed by atoms with Crippen LogP contribution < -0.4 is 4.74 Å². The normalized spacial score (nSPS) is 14.3. The van der Waals surface area contributed by atoms with Crippen LogP contribution in [0.5, 0.6) is 23.0 Å². The highest BCUT2D eigenvalue weighted by Crippen LogP contribution is 2.47. The summed E-state index contributed by atoms with van der Waals surface area (Å²) in [7, 11) is 0. The minimum absolute atomic E-state index is 0.0207. The van der Waals surface area contributed by atoms with E-state index in [-0.39, 0.29) is 40.5 Å². The third-order valence-corrected chi connectivity index (χ3v) is 4.83. The lowest BCUT2D eigenvalue weighted by molar-refractivity contribution is 0.103. The molecule has 5 heteroatoms. The van der Waals surface area contributed by atoms with Gasteiger partial charge in [0.25, 0.3) is 0 Å². The van der Waals surface area contributed by atoms with E-state index in [0.29, 0.717) is 5.56 Å². The molecule has 3 rings (SSSR count). The van der Waals surface area contributed by atoms with Crippen molar-refractivity contribution >= 4 is 17.9 Å². The molecule has 0 bridgehead atoms. The first-order chi connectivity index (χ1) is 14.1. The van der Waals surface area contributed by atoms with Gasteiger partial charge in [-0.2, -0.15) is 0 Å². The number of allylic oxidation sites excluding steroid dienone is 3. The Morgan fingerprint density at radius 2 is 1.73 bits per heavy atom. The molecule has 1 heterocycles. The number of fused-ring (bicyclic) bond motifs is 1. The van der Waals surface area contributed by atoms with Gasteiger partial charge in [-0.25, -0.2) is 0 Å². The molecule has 5 nitrogen and oxygen atoms in total. The molecule has 30 heavy (non-hydrogen) atoms. The van der Waals surface area contributed by atoms with E-state index in [9.17, 15) is 20.1 Å². The zero-order chi connectivity index (χ0) is 22.1. The smallest absolute Gasteiger partial charge is 0.193 e. The van der Waals surface area contributed by atoms with Crippen LogP contribution in [0.2, 0.25) is 0 Å². The maximum Gasteiger partial charge on any atom is 0.193 e. The molecule has 1 aliphatic rings. The summed E-state index contributed by atoms with van der Waals surface area (Å²) in [5.74, 6) is -0.517. The highest BCUT2D eigenvalue weighted by atomic mass is 16.5. The number of rotatable bonds is 5. The zero-order valence-corrected chi connectivity index (χ0v) is 17.6. The summed E-state index contributed by atoms with van der Waals surface area (Å²) in [6.07, 6.45) is 8.63. The average molecular weight is 406 g/mol. The van der Waals surface area contributed by atoms with Crippen molar-refractivity contribution in [1.82, 2.24) is 0 Å². The predicted octanol–water partition coefficient (Wildman–Crippen LogP) is 5.39. The minimum Gasteiger partial charge on any atom is -0.508 e. The topological polar surface area (TPSA) is 87.0 Å². The lowest BCUT2D eigenvalue weighted by atomic mass is 9.92. The number of benzene rings is 2. The quantitative estimate of drug-likeness (QED) is 0.352. The molecular formula is C25H26O5. The van der Waals surface area contributed by atoms with Crippen molar-refractivity contribution in [3.8, 4) is 23.0 Å². The molecule has 2 aromatic carbocycles. The van der Waals surface area contributed by atoms with Gasteiger partial charge in [-0.05, 0) is 70.0 Å². The van der Waals surface area contributed by atoms with Crippen LogP contribution in [0.1, 0.15) is 54.7 Å². The number of phenols is 3. The summed E-state index contributed by atoms with van der Waals surface area (Å²) in [5, 5.41) is 31.1. The fraction of sp³-hybridized carbons (Fsp3) is 0.240. The maximum atomic E-state index is 13.1. The van der Waals surface area contributed by atoms with Crippen LogP contribution >= 0.6 is 0 Å². The Labute approximate surface area is 176 Å². The standard InChI is InChI=1S/C25H26O5/c1-15(2)5-11-18-22(28)19-13-14-25(3,4)30-24(19)21(23(18)29)20(27)12-8-16-6-9-17(26)10-7-16/h5-10,12-14,26,28-29H,11H2,1-4H3. The van der Waals surface area contributed by atoms with Crippen molar-refractivity contribution in [1.29, 1.82) is 0 Å². The maximum absolute atomic E-state index is 13.1. The Morgan fingerprint density at radius 3 is 2.37 bits per heavy atom.